The highest BCUT2D eigenvalue weighted by atomic mass is 32.5. The number of nitrogens with zero attached hydrogens (tertiary/aromatic N) is 6. The highest BCUT2D eigenvalue weighted by molar-refractivity contribution is 8.45. The number of hydrogen-bond donors (Lipinski definition) is 0. The number of nitriles is 1. The Labute approximate surface area is 247 Å². The Morgan fingerprint density at radius 2 is 1.81 bits per heavy atom. The Hall–Kier alpha value is -3.48. The molecular weight excluding hydrogens is 595 g/mol. The van der Waals surface area contributed by atoms with Gasteiger partial charge in [0.05, 0.1) is 12.6 Å². The molecule has 43 heavy (non-hydrogen) atoms. The average molecular weight is 631 g/mol. The lowest BCUT2D eigenvalue weighted by Crippen LogP contribution is -2.53. The molecular formula is C28H35F5N6O3S. The molecule has 1 aromatic carbocycles. The van der Waals surface area contributed by atoms with Gasteiger partial charge in [-0.2, -0.15) is 5.26 Å². The fraction of sp³-hybridized carbons (Fsp3) is 0.500. The van der Waals surface area contributed by atoms with Gasteiger partial charge in [-0.05, 0) is 63.7 Å². The van der Waals surface area contributed by atoms with E-state index in [0.717, 1.165) is 36.5 Å². The molecule has 3 heterocycles. The molecule has 2 saturated heterocycles. The van der Waals surface area contributed by atoms with Crippen molar-refractivity contribution in [3.8, 4) is 6.19 Å². The van der Waals surface area contributed by atoms with Crippen LogP contribution in [0.3, 0.4) is 0 Å². The maximum Gasteiger partial charge on any atom is 0.310 e. The van der Waals surface area contributed by atoms with E-state index in [2.05, 4.69) is 9.88 Å². The number of halogens is 5. The number of ether oxygens (including phenoxy) is 1. The van der Waals surface area contributed by atoms with Crippen LogP contribution in [0.4, 0.5) is 25.1 Å². The van der Waals surface area contributed by atoms with Gasteiger partial charge < -0.3 is 14.5 Å². The molecule has 2 aliphatic rings. The maximum absolute atomic E-state index is 14.4. The highest BCUT2D eigenvalue weighted by Crippen LogP contribution is 3.02. The van der Waals surface area contributed by atoms with Gasteiger partial charge in [0.15, 0.2) is 6.19 Å². The first-order valence-corrected chi connectivity index (χ1v) is 15.8. The summed E-state index contributed by atoms with van der Waals surface area (Å²) in [6.45, 7) is 6.38. The van der Waals surface area contributed by atoms with Gasteiger partial charge >= 0.3 is 10.2 Å². The van der Waals surface area contributed by atoms with Crippen molar-refractivity contribution in [3.63, 3.8) is 0 Å². The van der Waals surface area contributed by atoms with Crippen LogP contribution < -0.4 is 4.90 Å². The summed E-state index contributed by atoms with van der Waals surface area (Å²) >= 11 is 0. The van der Waals surface area contributed by atoms with Crippen molar-refractivity contribution in [2.24, 2.45) is 0 Å². The van der Waals surface area contributed by atoms with Gasteiger partial charge in [-0.25, -0.2) is 0 Å². The summed E-state index contributed by atoms with van der Waals surface area (Å²) in [6.07, 6.45) is 5.40. The van der Waals surface area contributed by atoms with E-state index < -0.39 is 45.1 Å². The molecule has 0 bridgehead atoms. The fourth-order valence-corrected chi connectivity index (χ4v) is 5.97. The summed E-state index contributed by atoms with van der Waals surface area (Å²) in [5, 5.41) is 9.77. The number of aromatic nitrogens is 1. The van der Waals surface area contributed by atoms with Gasteiger partial charge in [-0.15, -0.1) is 0 Å². The van der Waals surface area contributed by atoms with E-state index in [0.29, 0.717) is 13.1 Å². The van der Waals surface area contributed by atoms with E-state index in [9.17, 15) is 34.3 Å². The molecule has 9 nitrogen and oxygen atoms in total. The second-order valence-electron chi connectivity index (χ2n) is 11.0. The number of rotatable bonds is 11. The number of methoxy groups -OCH3 is 1. The minimum Gasteiger partial charge on any atom is -0.379 e. The van der Waals surface area contributed by atoms with Crippen molar-refractivity contribution in [3.05, 3.63) is 54.4 Å². The molecule has 0 spiro atoms. The molecule has 2 fully saturated rings. The molecule has 0 aliphatic carbocycles. The number of amides is 2. The predicted molar refractivity (Wildman–Crippen MR) is 152 cm³/mol. The molecule has 3 unspecified atom stereocenters. The van der Waals surface area contributed by atoms with Crippen molar-refractivity contribution >= 4 is 27.7 Å². The second kappa shape index (κ2) is 11.5. The lowest BCUT2D eigenvalue weighted by molar-refractivity contribution is -0.137. The van der Waals surface area contributed by atoms with Crippen molar-refractivity contribution in [1.82, 2.24) is 19.7 Å². The molecule has 2 aromatic rings. The zero-order valence-corrected chi connectivity index (χ0v) is 24.9. The Bertz CT molecular complexity index is 1350. The van der Waals surface area contributed by atoms with Crippen molar-refractivity contribution in [2.45, 2.75) is 55.8 Å². The molecule has 4 rings (SSSR count). The first kappa shape index (κ1) is 32.4. The molecule has 0 N–H and O–H groups in total. The third kappa shape index (κ3) is 7.36. The Morgan fingerprint density at radius 1 is 1.14 bits per heavy atom. The lowest BCUT2D eigenvalue weighted by Gasteiger charge is -2.41. The summed E-state index contributed by atoms with van der Waals surface area (Å²) in [5.41, 5.74) is 0.0417. The Balaban J connectivity index is 1.85. The number of carbonyl (C=O) groups is 2. The van der Waals surface area contributed by atoms with Crippen LogP contribution in [-0.2, 0) is 14.3 Å². The minimum atomic E-state index is -10.0. The first-order valence-electron chi connectivity index (χ1n) is 13.8. The zero-order valence-electron chi connectivity index (χ0n) is 24.1. The molecule has 0 radical (unpaired) electrons. The van der Waals surface area contributed by atoms with Crippen LogP contribution >= 0.6 is 10.2 Å². The topological polar surface area (TPSA) is 93.0 Å². The molecule has 236 valence electrons. The number of likely N-dealkylation sites (tertiary alicyclic amines) is 2. The third-order valence-electron chi connectivity index (χ3n) is 7.81. The predicted octanol–water partition coefficient (Wildman–Crippen LogP) is 5.33. The van der Waals surface area contributed by atoms with Crippen LogP contribution in [0.1, 0.15) is 38.3 Å². The van der Waals surface area contributed by atoms with E-state index >= 15 is 0 Å². The Kier molecular flexibility index (Phi) is 8.71. The van der Waals surface area contributed by atoms with Crippen molar-refractivity contribution < 1.29 is 33.8 Å². The summed E-state index contributed by atoms with van der Waals surface area (Å²) in [7, 11) is -8.60. The maximum atomic E-state index is 14.4. The molecule has 0 saturated carbocycles. The zero-order chi connectivity index (χ0) is 31.6. The first-order chi connectivity index (χ1) is 20.0. The molecule has 2 amide bonds. The number of anilines is 1. The van der Waals surface area contributed by atoms with Crippen LogP contribution in [-0.4, -0.2) is 89.5 Å². The average Bonchev–Trinajstić information content (AvgIpc) is 3.35. The highest BCUT2D eigenvalue weighted by Gasteiger charge is 2.65. The lowest BCUT2D eigenvalue weighted by atomic mass is 10.0. The molecule has 15 heteroatoms. The molecule has 3 atom stereocenters. The molecule has 1 aromatic heterocycles. The Morgan fingerprint density at radius 3 is 2.30 bits per heavy atom. The van der Waals surface area contributed by atoms with E-state index in [-0.39, 0.29) is 42.4 Å². The van der Waals surface area contributed by atoms with Gasteiger partial charge in [-0.1, -0.05) is 25.5 Å². The normalized spacial score (nSPS) is 21.3. The van der Waals surface area contributed by atoms with Gasteiger partial charge in [0.25, 0.3) is 11.8 Å². The standard InChI is InChI=1S/C28H35F5N6O3S/c1-20(2)38(15-14-36-12-5-13-36)28(41)26(21-6-4-11-35-17-21)39(27(40)25-16-23(42-3)18-37(25)19-34)22-7-9-24(10-8-22)43(29,30,31,32)33/h4,6-11,17,20,23,25-26H,5,12-16,18H2,1-3H3. The smallest absolute Gasteiger partial charge is 0.310 e. The van der Waals surface area contributed by atoms with Crippen molar-refractivity contribution in [1.29, 1.82) is 5.26 Å². The van der Waals surface area contributed by atoms with Crippen LogP contribution in [0.5, 0.6) is 0 Å². The number of hydrogen-bond acceptors (Lipinski definition) is 7. The monoisotopic (exact) mass is 630 g/mol. The number of pyridine rings is 1. The van der Waals surface area contributed by atoms with Gasteiger partial charge in [0.2, 0.25) is 0 Å². The van der Waals surface area contributed by atoms with Crippen LogP contribution in [0.25, 0.3) is 0 Å². The number of carbonyl (C=O) groups excluding carboxylic acids is 2. The number of benzene rings is 1. The van der Waals surface area contributed by atoms with Crippen molar-refractivity contribution in [2.75, 3.05) is 44.7 Å². The molecule has 2 aliphatic heterocycles. The van der Waals surface area contributed by atoms with E-state index in [1.807, 2.05) is 20.0 Å². The minimum absolute atomic E-state index is 0.0692. The van der Waals surface area contributed by atoms with E-state index in [4.69, 9.17) is 4.74 Å². The fourth-order valence-electron chi connectivity index (χ4n) is 5.32. The SMILES string of the molecule is COC1CC(C(=O)N(c2ccc(S(F)(F)(F)(F)F)cc2)C(C(=O)N(CCN2CCC2)C(C)C)c2cccnc2)N(C#N)C1. The van der Waals surface area contributed by atoms with Gasteiger partial charge in [0.1, 0.15) is 17.0 Å². The van der Waals surface area contributed by atoms with Crippen LogP contribution in [0, 0.1) is 11.5 Å². The second-order valence-corrected chi connectivity index (χ2v) is 13.5. The summed E-state index contributed by atoms with van der Waals surface area (Å²) < 4.78 is 73.3. The van der Waals surface area contributed by atoms with Gasteiger partial charge in [0, 0.05) is 56.3 Å². The quantitative estimate of drug-likeness (QED) is 0.245. The summed E-state index contributed by atoms with van der Waals surface area (Å²) in [5.74, 6) is -1.30. The summed E-state index contributed by atoms with van der Waals surface area (Å²) in [4.78, 5) is 36.7. The third-order valence-corrected chi connectivity index (χ3v) is 8.97. The largest absolute Gasteiger partial charge is 0.379 e. The van der Waals surface area contributed by atoms with Crippen LogP contribution in [0.15, 0.2) is 53.7 Å². The van der Waals surface area contributed by atoms with E-state index in [1.165, 1.54) is 24.4 Å². The summed E-state index contributed by atoms with van der Waals surface area (Å²) in [6, 6.07) is 2.16. The van der Waals surface area contributed by atoms with Crippen LogP contribution in [0.2, 0.25) is 0 Å². The van der Waals surface area contributed by atoms with E-state index in [1.54, 1.807) is 17.0 Å². The van der Waals surface area contributed by atoms with Gasteiger partial charge in [-0.3, -0.25) is 24.4 Å².